The van der Waals surface area contributed by atoms with Gasteiger partial charge in [0.15, 0.2) is 0 Å². The van der Waals surface area contributed by atoms with Gasteiger partial charge in [-0.25, -0.2) is 0 Å². The lowest BCUT2D eigenvalue weighted by atomic mass is 9.89. The Balaban J connectivity index is 1.40. The maximum absolute atomic E-state index is 3.84. The molecule has 1 saturated carbocycles. The minimum atomic E-state index is 0.747. The van der Waals surface area contributed by atoms with Crippen LogP contribution in [-0.4, -0.2) is 25.7 Å². The molecule has 110 valence electrons. The summed E-state index contributed by atoms with van der Waals surface area (Å²) in [6.45, 7) is 3.66. The maximum Gasteiger partial charge on any atom is 0.0366 e. The Labute approximate surface area is 123 Å². The van der Waals surface area contributed by atoms with Crippen molar-refractivity contribution < 1.29 is 0 Å². The van der Waals surface area contributed by atoms with Gasteiger partial charge >= 0.3 is 0 Å². The lowest BCUT2D eigenvalue weighted by Crippen LogP contribution is -2.44. The van der Waals surface area contributed by atoms with E-state index in [-0.39, 0.29) is 0 Å². The van der Waals surface area contributed by atoms with Gasteiger partial charge in [-0.15, -0.1) is 0 Å². The van der Waals surface area contributed by atoms with Crippen LogP contribution in [0.15, 0.2) is 30.3 Å². The molecule has 1 aromatic rings. The summed E-state index contributed by atoms with van der Waals surface area (Å²) in [4.78, 5) is 2.53. The van der Waals surface area contributed by atoms with Crippen LogP contribution in [0.3, 0.4) is 0 Å². The molecule has 2 aliphatic rings. The van der Waals surface area contributed by atoms with Crippen LogP contribution in [0.5, 0.6) is 0 Å². The summed E-state index contributed by atoms with van der Waals surface area (Å²) in [7, 11) is 0. The molecule has 1 aliphatic carbocycles. The summed E-state index contributed by atoms with van der Waals surface area (Å²) in [5, 5.41) is 3.84. The molecule has 0 unspecified atom stereocenters. The Bertz CT molecular complexity index is 376. The number of para-hydroxylation sites is 1. The molecular weight excluding hydrogens is 244 g/mol. The lowest BCUT2D eigenvalue weighted by molar-refractivity contribution is 0.311. The molecule has 0 bridgehead atoms. The summed E-state index contributed by atoms with van der Waals surface area (Å²) in [6, 6.07) is 11.6. The molecule has 1 aromatic carbocycles. The van der Waals surface area contributed by atoms with E-state index in [2.05, 4.69) is 40.5 Å². The minimum Gasteiger partial charge on any atom is -0.371 e. The van der Waals surface area contributed by atoms with E-state index in [1.807, 2.05) is 0 Å². The molecule has 0 atom stereocenters. The van der Waals surface area contributed by atoms with Gasteiger partial charge in [-0.05, 0) is 50.3 Å². The second-order valence-electron chi connectivity index (χ2n) is 6.51. The van der Waals surface area contributed by atoms with Crippen LogP contribution in [0.4, 0.5) is 5.69 Å². The Morgan fingerprint density at radius 3 is 2.30 bits per heavy atom. The van der Waals surface area contributed by atoms with Gasteiger partial charge in [0, 0.05) is 24.8 Å². The van der Waals surface area contributed by atoms with Crippen molar-refractivity contribution in [3.63, 3.8) is 0 Å². The van der Waals surface area contributed by atoms with Gasteiger partial charge < -0.3 is 10.2 Å². The van der Waals surface area contributed by atoms with E-state index < -0.39 is 0 Å². The van der Waals surface area contributed by atoms with E-state index in [1.54, 1.807) is 0 Å². The standard InChI is InChI=1S/C18H28N2/c1-3-7-16(8-4-1)15-19-17-11-13-20(14-12-17)18-9-5-2-6-10-18/h2,5-6,9-10,16-17,19H,1,3-4,7-8,11-15H2. The highest BCUT2D eigenvalue weighted by molar-refractivity contribution is 5.46. The Morgan fingerprint density at radius 1 is 0.900 bits per heavy atom. The third-order valence-electron chi connectivity index (χ3n) is 5.04. The van der Waals surface area contributed by atoms with Crippen molar-refractivity contribution >= 4 is 5.69 Å². The predicted octanol–water partition coefficient (Wildman–Crippen LogP) is 3.83. The predicted molar refractivity (Wildman–Crippen MR) is 86.3 cm³/mol. The normalized spacial score (nSPS) is 22.1. The zero-order valence-electron chi connectivity index (χ0n) is 12.6. The quantitative estimate of drug-likeness (QED) is 0.896. The number of anilines is 1. The van der Waals surface area contributed by atoms with Gasteiger partial charge in [0.1, 0.15) is 0 Å². The van der Waals surface area contributed by atoms with Gasteiger partial charge in [-0.3, -0.25) is 0 Å². The molecule has 0 aromatic heterocycles. The monoisotopic (exact) mass is 272 g/mol. The molecule has 0 amide bonds. The number of hydrogen-bond donors (Lipinski definition) is 1. The average Bonchev–Trinajstić information content (AvgIpc) is 2.55. The first-order chi connectivity index (χ1) is 9.92. The van der Waals surface area contributed by atoms with Gasteiger partial charge in [0.25, 0.3) is 0 Å². The van der Waals surface area contributed by atoms with Crippen LogP contribution >= 0.6 is 0 Å². The molecule has 2 heteroatoms. The van der Waals surface area contributed by atoms with E-state index in [0.29, 0.717) is 0 Å². The molecule has 1 aliphatic heterocycles. The fourth-order valence-corrected chi connectivity index (χ4v) is 3.71. The topological polar surface area (TPSA) is 15.3 Å². The second-order valence-corrected chi connectivity index (χ2v) is 6.51. The number of hydrogen-bond acceptors (Lipinski definition) is 2. The largest absolute Gasteiger partial charge is 0.371 e. The summed E-state index contributed by atoms with van der Waals surface area (Å²) in [5.74, 6) is 0.955. The SMILES string of the molecule is c1ccc(N2CCC(NCC3CCCCC3)CC2)cc1. The molecule has 1 N–H and O–H groups in total. The molecule has 2 nitrogen and oxygen atoms in total. The van der Waals surface area contributed by atoms with Crippen LogP contribution < -0.4 is 10.2 Å². The maximum atomic E-state index is 3.84. The Kier molecular flexibility index (Phi) is 4.96. The third-order valence-corrected chi connectivity index (χ3v) is 5.04. The first-order valence-electron chi connectivity index (χ1n) is 8.45. The van der Waals surface area contributed by atoms with E-state index in [9.17, 15) is 0 Å². The van der Waals surface area contributed by atoms with Gasteiger partial charge in [0.2, 0.25) is 0 Å². The highest BCUT2D eigenvalue weighted by Crippen LogP contribution is 2.24. The van der Waals surface area contributed by atoms with E-state index in [1.165, 1.54) is 70.3 Å². The first-order valence-corrected chi connectivity index (χ1v) is 8.45. The van der Waals surface area contributed by atoms with Crippen LogP contribution in [0.25, 0.3) is 0 Å². The zero-order valence-corrected chi connectivity index (χ0v) is 12.6. The van der Waals surface area contributed by atoms with Crippen molar-refractivity contribution in [2.75, 3.05) is 24.5 Å². The molecule has 20 heavy (non-hydrogen) atoms. The van der Waals surface area contributed by atoms with Crippen molar-refractivity contribution in [3.05, 3.63) is 30.3 Å². The first kappa shape index (κ1) is 13.9. The zero-order chi connectivity index (χ0) is 13.6. The average molecular weight is 272 g/mol. The van der Waals surface area contributed by atoms with Crippen LogP contribution in [0, 0.1) is 5.92 Å². The molecule has 1 saturated heterocycles. The molecule has 3 rings (SSSR count). The summed E-state index contributed by atoms with van der Waals surface area (Å²) in [5.41, 5.74) is 1.39. The highest BCUT2D eigenvalue weighted by atomic mass is 15.1. The number of piperidine rings is 1. The Hall–Kier alpha value is -1.02. The minimum absolute atomic E-state index is 0.747. The van der Waals surface area contributed by atoms with Gasteiger partial charge in [-0.2, -0.15) is 0 Å². The molecule has 0 radical (unpaired) electrons. The van der Waals surface area contributed by atoms with Crippen LogP contribution in [0.2, 0.25) is 0 Å². The van der Waals surface area contributed by atoms with E-state index in [0.717, 1.165) is 12.0 Å². The lowest BCUT2D eigenvalue weighted by Gasteiger charge is -2.35. The smallest absolute Gasteiger partial charge is 0.0366 e. The fraction of sp³-hybridized carbons (Fsp3) is 0.667. The fourth-order valence-electron chi connectivity index (χ4n) is 3.71. The van der Waals surface area contributed by atoms with E-state index >= 15 is 0 Å². The third kappa shape index (κ3) is 3.76. The van der Waals surface area contributed by atoms with Crippen LogP contribution in [-0.2, 0) is 0 Å². The summed E-state index contributed by atoms with van der Waals surface area (Å²) in [6.07, 6.45) is 9.87. The van der Waals surface area contributed by atoms with Gasteiger partial charge in [-0.1, -0.05) is 37.5 Å². The Morgan fingerprint density at radius 2 is 1.60 bits per heavy atom. The summed E-state index contributed by atoms with van der Waals surface area (Å²) < 4.78 is 0. The number of nitrogens with one attached hydrogen (secondary N) is 1. The van der Waals surface area contributed by atoms with Crippen LogP contribution in [0.1, 0.15) is 44.9 Å². The number of rotatable bonds is 4. The molecule has 0 spiro atoms. The van der Waals surface area contributed by atoms with Crippen molar-refractivity contribution in [2.45, 2.75) is 51.0 Å². The molecule has 1 heterocycles. The second kappa shape index (κ2) is 7.12. The van der Waals surface area contributed by atoms with Gasteiger partial charge in [0.05, 0.1) is 0 Å². The van der Waals surface area contributed by atoms with E-state index in [4.69, 9.17) is 0 Å². The summed E-state index contributed by atoms with van der Waals surface area (Å²) >= 11 is 0. The number of benzene rings is 1. The van der Waals surface area contributed by atoms with Crippen molar-refractivity contribution in [1.82, 2.24) is 5.32 Å². The van der Waals surface area contributed by atoms with Crippen molar-refractivity contribution in [3.8, 4) is 0 Å². The van der Waals surface area contributed by atoms with Crippen molar-refractivity contribution in [2.24, 2.45) is 5.92 Å². The molecular formula is C18H28N2. The number of nitrogens with zero attached hydrogens (tertiary/aromatic N) is 1. The highest BCUT2D eigenvalue weighted by Gasteiger charge is 2.20. The molecule has 2 fully saturated rings. The van der Waals surface area contributed by atoms with Crippen molar-refractivity contribution in [1.29, 1.82) is 0 Å².